The molecule has 5 nitrogen and oxygen atoms in total. The molecule has 32 heavy (non-hydrogen) atoms. The highest BCUT2D eigenvalue weighted by Crippen LogP contribution is 2.52. The number of ketones is 1. The number of carbonyl (C=O) groups excluding carboxylic acids is 1. The summed E-state index contributed by atoms with van der Waals surface area (Å²) in [7, 11) is 0. The van der Waals surface area contributed by atoms with Crippen LogP contribution in [-0.4, -0.2) is 28.2 Å². The molecule has 0 atom stereocenters. The Bertz CT molecular complexity index is 818. The maximum atomic E-state index is 13.0. The molecule has 178 valence electrons. The summed E-state index contributed by atoms with van der Waals surface area (Å²) >= 11 is 0. The summed E-state index contributed by atoms with van der Waals surface area (Å²) in [6.45, 7) is 19.5. The molecule has 0 amide bonds. The Kier molecular flexibility index (Phi) is 7.62. The van der Waals surface area contributed by atoms with Gasteiger partial charge in [0, 0.05) is 11.1 Å². The molecule has 1 aromatic carbocycles. The number of carbonyl (C=O) groups is 1. The van der Waals surface area contributed by atoms with Gasteiger partial charge in [-0.1, -0.05) is 48.6 Å². The van der Waals surface area contributed by atoms with Crippen molar-refractivity contribution in [3.8, 4) is 0 Å². The van der Waals surface area contributed by atoms with Crippen molar-refractivity contribution in [3.05, 3.63) is 59.7 Å². The first-order valence-electron chi connectivity index (χ1n) is 11.2. The second kappa shape index (κ2) is 9.22. The van der Waals surface area contributed by atoms with Crippen LogP contribution in [0.4, 0.5) is 0 Å². The summed E-state index contributed by atoms with van der Waals surface area (Å²) in [6.07, 6.45) is 6.35. The molecule has 0 heterocycles. The summed E-state index contributed by atoms with van der Waals surface area (Å²) in [5.41, 5.74) is -1.95. The monoisotopic (exact) mass is 444 g/mol. The largest absolute Gasteiger partial charge is 0.289 e. The van der Waals surface area contributed by atoms with Gasteiger partial charge in [0.25, 0.3) is 0 Å². The lowest BCUT2D eigenvalue weighted by atomic mass is 9.59. The third kappa shape index (κ3) is 6.16. The Balaban J connectivity index is 2.41. The molecule has 0 unspecified atom stereocenters. The quantitative estimate of drug-likeness (QED) is 0.251. The normalized spacial score (nSPS) is 17.2. The van der Waals surface area contributed by atoms with Gasteiger partial charge in [-0.2, -0.15) is 0 Å². The van der Waals surface area contributed by atoms with E-state index >= 15 is 0 Å². The van der Waals surface area contributed by atoms with Crippen molar-refractivity contribution in [1.29, 1.82) is 0 Å². The SMILES string of the molecule is CC(C)(C)OOC(C)(C)C1(C(C)(C)OOC(C)(C)C)C=CC(C(=O)c2ccccc2)=CC1. The second-order valence-corrected chi connectivity index (χ2v) is 11.4. The van der Waals surface area contributed by atoms with E-state index in [4.69, 9.17) is 19.6 Å². The number of hydrogen-bond donors (Lipinski definition) is 0. The van der Waals surface area contributed by atoms with Crippen LogP contribution >= 0.6 is 0 Å². The standard InChI is InChI=1S/C27H40O5/c1-23(2,3)29-31-25(7,8)27(26(9,10)32-30-24(4,5)6)18-16-21(17-19-27)22(28)20-14-12-11-13-15-20/h11-18H,19H2,1-10H3. The first-order chi connectivity index (χ1) is 14.5. The fraction of sp³-hybridized carbons (Fsp3) is 0.593. The van der Waals surface area contributed by atoms with Crippen LogP contribution in [0.15, 0.2) is 54.1 Å². The minimum absolute atomic E-state index is 0.00946. The molecule has 0 aliphatic heterocycles. The topological polar surface area (TPSA) is 54.0 Å². The van der Waals surface area contributed by atoms with Gasteiger partial charge < -0.3 is 0 Å². The minimum atomic E-state index is -0.806. The lowest BCUT2D eigenvalue weighted by Crippen LogP contribution is -2.59. The number of Topliss-reactive ketones (excluding diaryl/α,β-unsaturated/α-hetero) is 1. The number of hydrogen-bond acceptors (Lipinski definition) is 5. The smallest absolute Gasteiger partial charge is 0.192 e. The zero-order valence-corrected chi connectivity index (χ0v) is 21.4. The second-order valence-electron chi connectivity index (χ2n) is 11.4. The molecule has 0 saturated heterocycles. The summed E-state index contributed by atoms with van der Waals surface area (Å²) < 4.78 is 0. The molecule has 0 bridgehead atoms. The zero-order valence-electron chi connectivity index (χ0n) is 21.4. The summed E-state index contributed by atoms with van der Waals surface area (Å²) in [4.78, 5) is 36.5. The van der Waals surface area contributed by atoms with Gasteiger partial charge in [-0.3, -0.25) is 4.79 Å². The molecule has 5 heteroatoms. The molecular weight excluding hydrogens is 404 g/mol. The van der Waals surface area contributed by atoms with Crippen molar-refractivity contribution >= 4 is 5.78 Å². The molecule has 0 saturated carbocycles. The van der Waals surface area contributed by atoms with E-state index in [1.54, 1.807) is 0 Å². The first-order valence-corrected chi connectivity index (χ1v) is 11.2. The fourth-order valence-electron chi connectivity index (χ4n) is 3.79. The molecule has 1 aliphatic carbocycles. The number of rotatable bonds is 8. The molecule has 0 fully saturated rings. The van der Waals surface area contributed by atoms with Crippen LogP contribution in [0, 0.1) is 5.41 Å². The fourth-order valence-corrected chi connectivity index (χ4v) is 3.79. The minimum Gasteiger partial charge on any atom is -0.289 e. The van der Waals surface area contributed by atoms with E-state index in [0.717, 1.165) is 0 Å². The van der Waals surface area contributed by atoms with Crippen LogP contribution in [0.1, 0.15) is 86.0 Å². The van der Waals surface area contributed by atoms with Crippen LogP contribution in [0.2, 0.25) is 0 Å². The van der Waals surface area contributed by atoms with Crippen molar-refractivity contribution in [2.45, 2.75) is 98.1 Å². The van der Waals surface area contributed by atoms with E-state index in [-0.39, 0.29) is 5.78 Å². The summed E-state index contributed by atoms with van der Waals surface area (Å²) in [5, 5.41) is 0. The van der Waals surface area contributed by atoms with Crippen molar-refractivity contribution in [2.75, 3.05) is 0 Å². The molecular formula is C27H40O5. The molecule has 0 aromatic heterocycles. The van der Waals surface area contributed by atoms with Crippen LogP contribution < -0.4 is 0 Å². The number of benzene rings is 1. The Labute approximate surface area is 193 Å². The highest BCUT2D eigenvalue weighted by atomic mass is 17.2. The Morgan fingerprint density at radius 3 is 1.59 bits per heavy atom. The van der Waals surface area contributed by atoms with E-state index in [1.165, 1.54) is 0 Å². The highest BCUT2D eigenvalue weighted by molar-refractivity contribution is 6.10. The van der Waals surface area contributed by atoms with E-state index in [2.05, 4.69) is 0 Å². The van der Waals surface area contributed by atoms with Gasteiger partial charge >= 0.3 is 0 Å². The highest BCUT2D eigenvalue weighted by Gasteiger charge is 2.57. The Hall–Kier alpha value is -1.79. The lowest BCUT2D eigenvalue weighted by Gasteiger charge is -2.53. The summed E-state index contributed by atoms with van der Waals surface area (Å²) in [6, 6.07) is 9.29. The Morgan fingerprint density at radius 2 is 1.22 bits per heavy atom. The molecule has 0 radical (unpaired) electrons. The molecule has 0 spiro atoms. The third-order valence-corrected chi connectivity index (χ3v) is 5.64. The summed E-state index contributed by atoms with van der Waals surface area (Å²) in [5.74, 6) is -0.00946. The van der Waals surface area contributed by atoms with Crippen LogP contribution in [0.3, 0.4) is 0 Å². The molecule has 0 N–H and O–H groups in total. The predicted molar refractivity (Wildman–Crippen MR) is 127 cm³/mol. The van der Waals surface area contributed by atoms with Gasteiger partial charge in [0.2, 0.25) is 0 Å². The average Bonchev–Trinajstić information content (AvgIpc) is 2.70. The van der Waals surface area contributed by atoms with Crippen LogP contribution in [0.5, 0.6) is 0 Å². The van der Waals surface area contributed by atoms with Crippen molar-refractivity contribution in [2.24, 2.45) is 5.41 Å². The maximum absolute atomic E-state index is 13.0. The first kappa shape index (κ1) is 26.5. The van der Waals surface area contributed by atoms with Crippen molar-refractivity contribution in [3.63, 3.8) is 0 Å². The zero-order chi connectivity index (χ0) is 24.4. The van der Waals surface area contributed by atoms with Crippen molar-refractivity contribution in [1.82, 2.24) is 0 Å². The average molecular weight is 445 g/mol. The van der Waals surface area contributed by atoms with E-state index < -0.39 is 27.8 Å². The Morgan fingerprint density at radius 1 is 0.750 bits per heavy atom. The van der Waals surface area contributed by atoms with E-state index in [1.807, 2.05) is 118 Å². The predicted octanol–water partition coefficient (Wildman–Crippen LogP) is 6.79. The van der Waals surface area contributed by atoms with E-state index in [9.17, 15) is 4.79 Å². The molecule has 1 aromatic rings. The van der Waals surface area contributed by atoms with Gasteiger partial charge in [0.1, 0.15) is 11.2 Å². The van der Waals surface area contributed by atoms with Crippen molar-refractivity contribution < 1.29 is 24.3 Å². The van der Waals surface area contributed by atoms with Gasteiger partial charge in [-0.15, -0.1) is 0 Å². The van der Waals surface area contributed by atoms with Crippen LogP contribution in [-0.2, 0) is 19.6 Å². The number of allylic oxidation sites excluding steroid dienone is 3. The van der Waals surface area contributed by atoms with Crippen LogP contribution in [0.25, 0.3) is 0 Å². The molecule has 1 aliphatic rings. The third-order valence-electron chi connectivity index (χ3n) is 5.64. The van der Waals surface area contributed by atoms with Gasteiger partial charge in [-0.05, 0) is 75.7 Å². The lowest BCUT2D eigenvalue weighted by molar-refractivity contribution is -0.455. The maximum Gasteiger partial charge on any atom is 0.192 e. The van der Waals surface area contributed by atoms with E-state index in [0.29, 0.717) is 17.6 Å². The molecule has 2 rings (SSSR count). The van der Waals surface area contributed by atoms with Gasteiger partial charge in [0.15, 0.2) is 5.78 Å². The van der Waals surface area contributed by atoms with Gasteiger partial charge in [-0.25, -0.2) is 19.6 Å². The van der Waals surface area contributed by atoms with Gasteiger partial charge in [0.05, 0.1) is 16.6 Å².